The summed E-state index contributed by atoms with van der Waals surface area (Å²) in [6.07, 6.45) is -1.68. The van der Waals surface area contributed by atoms with Crippen LogP contribution < -0.4 is 19.7 Å². The molecule has 0 aromatic heterocycles. The lowest BCUT2D eigenvalue weighted by molar-refractivity contribution is -0.143. The van der Waals surface area contributed by atoms with E-state index in [0.717, 1.165) is 42.5 Å². The molecule has 2 saturated heterocycles. The topological polar surface area (TPSA) is 112 Å². The Morgan fingerprint density at radius 2 is 1.77 bits per heavy atom. The van der Waals surface area contributed by atoms with Crippen LogP contribution >= 0.6 is 11.6 Å². The molecule has 2 N–H and O–H groups in total. The normalized spacial score (nSPS) is 19.4. The second-order valence-electron chi connectivity index (χ2n) is 12.8. The van der Waals surface area contributed by atoms with E-state index in [1.807, 2.05) is 63.2 Å². The van der Waals surface area contributed by atoms with Crippen LogP contribution in [0, 0.1) is 11.3 Å². The monoisotopic (exact) mass is 620 g/mol. The Labute approximate surface area is 261 Å². The minimum absolute atomic E-state index is 0.0115. The summed E-state index contributed by atoms with van der Waals surface area (Å²) in [5, 5.41) is 14.9. The van der Waals surface area contributed by atoms with Gasteiger partial charge in [-0.15, -0.1) is 0 Å². The second kappa shape index (κ2) is 11.9. The highest BCUT2D eigenvalue weighted by atomic mass is 35.5. The fraction of sp³-hybridized carbons (Fsp3) is 0.424. The lowest BCUT2D eigenvalue weighted by Gasteiger charge is -2.43. The molecule has 44 heavy (non-hydrogen) atoms. The molecule has 3 heterocycles. The highest BCUT2D eigenvalue weighted by molar-refractivity contribution is 6.34. The Bertz CT molecular complexity index is 1610. The summed E-state index contributed by atoms with van der Waals surface area (Å²) in [6, 6.07) is 15.1. The van der Waals surface area contributed by atoms with E-state index in [1.165, 1.54) is 4.90 Å². The number of halogens is 1. The van der Waals surface area contributed by atoms with Crippen LogP contribution in [0.3, 0.4) is 0 Å². The molecule has 11 heteroatoms. The number of ether oxygens (including phenoxy) is 2. The molecule has 232 valence electrons. The Hall–Kier alpha value is -3.86. The molecule has 2 amide bonds. The standard InChI is InChI=1S/C33H37ClN4O6/c1-33(2,3)31(40)43-22-12-21-6-4-5-7-23(21)24(13-22)25-14-28-27(15-26(25)34)38(18-20-16-37(17-20)32(41)42)30(39)29(44-28)19-36-10-8-35-9-11-36/h4-7,12-15,20,29,35H,8-11,16-19H2,1-3H3,(H,41,42). The molecule has 3 aromatic carbocycles. The van der Waals surface area contributed by atoms with Gasteiger partial charge in [-0.05, 0) is 61.4 Å². The molecule has 3 aromatic rings. The van der Waals surface area contributed by atoms with Crippen molar-refractivity contribution in [2.45, 2.75) is 26.9 Å². The first kappa shape index (κ1) is 30.2. The third-order valence-corrected chi connectivity index (χ3v) is 8.71. The van der Waals surface area contributed by atoms with E-state index in [9.17, 15) is 19.5 Å². The number of amides is 2. The molecule has 0 spiro atoms. The predicted octanol–water partition coefficient (Wildman–Crippen LogP) is 4.72. The number of hydrogen-bond donors (Lipinski definition) is 2. The van der Waals surface area contributed by atoms with E-state index in [4.69, 9.17) is 21.1 Å². The van der Waals surface area contributed by atoms with Gasteiger partial charge in [0.1, 0.15) is 11.5 Å². The molecular weight excluding hydrogens is 584 g/mol. The highest BCUT2D eigenvalue weighted by Gasteiger charge is 2.40. The summed E-state index contributed by atoms with van der Waals surface area (Å²) in [4.78, 5) is 43.3. The average Bonchev–Trinajstić information content (AvgIpc) is 2.95. The number of benzene rings is 3. The van der Waals surface area contributed by atoms with Gasteiger partial charge in [0.2, 0.25) is 0 Å². The molecule has 10 nitrogen and oxygen atoms in total. The number of anilines is 1. The van der Waals surface area contributed by atoms with Gasteiger partial charge in [0.05, 0.1) is 16.1 Å². The van der Waals surface area contributed by atoms with E-state index in [2.05, 4.69) is 10.2 Å². The Balaban J connectivity index is 1.39. The number of carbonyl (C=O) groups is 3. The first-order chi connectivity index (χ1) is 21.0. The molecule has 0 radical (unpaired) electrons. The van der Waals surface area contributed by atoms with Gasteiger partial charge in [-0.2, -0.15) is 0 Å². The minimum atomic E-state index is -0.957. The minimum Gasteiger partial charge on any atom is -0.477 e. The van der Waals surface area contributed by atoms with E-state index in [-0.39, 0.29) is 17.8 Å². The van der Waals surface area contributed by atoms with Crippen molar-refractivity contribution in [3.63, 3.8) is 0 Å². The Morgan fingerprint density at radius 1 is 1.05 bits per heavy atom. The largest absolute Gasteiger partial charge is 0.477 e. The number of rotatable bonds is 6. The summed E-state index contributed by atoms with van der Waals surface area (Å²) < 4.78 is 12.2. The maximum Gasteiger partial charge on any atom is 0.407 e. The van der Waals surface area contributed by atoms with Crippen LogP contribution in [0.1, 0.15) is 20.8 Å². The number of piperazine rings is 1. The van der Waals surface area contributed by atoms with Crippen molar-refractivity contribution in [2.75, 3.05) is 57.3 Å². The van der Waals surface area contributed by atoms with E-state index in [1.54, 1.807) is 11.0 Å². The van der Waals surface area contributed by atoms with E-state index >= 15 is 0 Å². The van der Waals surface area contributed by atoms with Crippen LogP contribution in [0.2, 0.25) is 5.02 Å². The third kappa shape index (κ3) is 6.06. The highest BCUT2D eigenvalue weighted by Crippen LogP contribution is 2.45. The van der Waals surface area contributed by atoms with Crippen molar-refractivity contribution in [2.24, 2.45) is 11.3 Å². The molecule has 6 rings (SSSR count). The van der Waals surface area contributed by atoms with Crippen molar-refractivity contribution < 1.29 is 29.0 Å². The molecule has 3 aliphatic heterocycles. The molecule has 1 unspecified atom stereocenters. The maximum atomic E-state index is 13.9. The van der Waals surface area contributed by atoms with Crippen LogP contribution in [0.4, 0.5) is 10.5 Å². The summed E-state index contributed by atoms with van der Waals surface area (Å²) in [5.41, 5.74) is 1.34. The molecule has 3 aliphatic rings. The molecule has 0 bridgehead atoms. The number of nitrogens with zero attached hydrogens (tertiary/aromatic N) is 3. The number of carbonyl (C=O) groups excluding carboxylic acids is 2. The number of esters is 1. The SMILES string of the molecule is CC(C)(C)C(=O)Oc1cc(-c2cc3c(cc2Cl)N(CC2CN(C(=O)O)C2)C(=O)C(CN2CCNCC2)O3)c2ccccc2c1. The lowest BCUT2D eigenvalue weighted by Crippen LogP contribution is -2.58. The first-order valence-electron chi connectivity index (χ1n) is 15.0. The average molecular weight is 621 g/mol. The second-order valence-corrected chi connectivity index (χ2v) is 13.2. The van der Waals surface area contributed by atoms with Gasteiger partial charge in [-0.1, -0.05) is 35.9 Å². The van der Waals surface area contributed by atoms with Crippen LogP contribution in [-0.4, -0.2) is 91.3 Å². The van der Waals surface area contributed by atoms with Gasteiger partial charge < -0.3 is 29.7 Å². The van der Waals surface area contributed by atoms with Crippen molar-refractivity contribution in [3.05, 3.63) is 53.6 Å². The van der Waals surface area contributed by atoms with Crippen molar-refractivity contribution in [1.29, 1.82) is 0 Å². The van der Waals surface area contributed by atoms with Gasteiger partial charge in [0.25, 0.3) is 5.91 Å². The number of nitrogens with one attached hydrogen (secondary N) is 1. The summed E-state index contributed by atoms with van der Waals surface area (Å²) in [7, 11) is 0. The maximum absolute atomic E-state index is 13.9. The fourth-order valence-corrected chi connectivity index (χ4v) is 6.17. The smallest absolute Gasteiger partial charge is 0.407 e. The molecule has 0 saturated carbocycles. The zero-order chi connectivity index (χ0) is 31.2. The lowest BCUT2D eigenvalue weighted by atomic mass is 9.95. The van der Waals surface area contributed by atoms with Crippen molar-refractivity contribution >= 4 is 46.0 Å². The molecule has 1 atom stereocenters. The Kier molecular flexibility index (Phi) is 8.17. The van der Waals surface area contributed by atoms with Crippen LogP contribution in [0.15, 0.2) is 48.5 Å². The number of hydrogen-bond acceptors (Lipinski definition) is 7. The number of likely N-dealkylation sites (tertiary alicyclic amines) is 1. The van der Waals surface area contributed by atoms with Crippen LogP contribution in [-0.2, 0) is 9.59 Å². The summed E-state index contributed by atoms with van der Waals surface area (Å²) in [5.74, 6) is 0.447. The van der Waals surface area contributed by atoms with Crippen molar-refractivity contribution in [1.82, 2.24) is 15.1 Å². The van der Waals surface area contributed by atoms with Gasteiger partial charge in [-0.3, -0.25) is 14.5 Å². The quantitative estimate of drug-likeness (QED) is 0.301. The Morgan fingerprint density at radius 3 is 2.48 bits per heavy atom. The van der Waals surface area contributed by atoms with Crippen molar-refractivity contribution in [3.8, 4) is 22.6 Å². The summed E-state index contributed by atoms with van der Waals surface area (Å²) >= 11 is 6.98. The van der Waals surface area contributed by atoms with Gasteiger partial charge in [0, 0.05) is 63.8 Å². The first-order valence-corrected chi connectivity index (χ1v) is 15.3. The molecular formula is C33H37ClN4O6. The van der Waals surface area contributed by atoms with E-state index < -0.39 is 17.6 Å². The third-order valence-electron chi connectivity index (χ3n) is 8.40. The molecule has 2 fully saturated rings. The van der Waals surface area contributed by atoms with Gasteiger partial charge >= 0.3 is 12.1 Å². The fourth-order valence-electron chi connectivity index (χ4n) is 5.91. The molecule has 0 aliphatic carbocycles. The van der Waals surface area contributed by atoms with Gasteiger partial charge in [-0.25, -0.2) is 4.79 Å². The number of carboxylic acid groups (broad SMARTS) is 1. The van der Waals surface area contributed by atoms with E-state index in [0.29, 0.717) is 54.0 Å². The predicted molar refractivity (Wildman–Crippen MR) is 169 cm³/mol. The van der Waals surface area contributed by atoms with Crippen LogP contribution in [0.25, 0.3) is 21.9 Å². The number of fused-ring (bicyclic) bond motifs is 2. The van der Waals surface area contributed by atoms with Crippen LogP contribution in [0.5, 0.6) is 11.5 Å². The van der Waals surface area contributed by atoms with Gasteiger partial charge in [0.15, 0.2) is 6.10 Å². The zero-order valence-electron chi connectivity index (χ0n) is 25.1. The summed E-state index contributed by atoms with van der Waals surface area (Å²) in [6.45, 7) is 10.3. The zero-order valence-corrected chi connectivity index (χ0v) is 25.9.